The van der Waals surface area contributed by atoms with Crippen LogP contribution in [0.5, 0.6) is 11.5 Å². The van der Waals surface area contributed by atoms with Crippen LogP contribution in [0.4, 0.5) is 10.7 Å². The lowest BCUT2D eigenvalue weighted by atomic mass is 10.1. The van der Waals surface area contributed by atoms with E-state index in [0.29, 0.717) is 33.3 Å². The summed E-state index contributed by atoms with van der Waals surface area (Å²) in [5, 5.41) is 15.6. The Morgan fingerprint density at radius 3 is 2.44 bits per heavy atom. The number of hydrogen-bond acceptors (Lipinski definition) is 6. The lowest BCUT2D eigenvalue weighted by Gasteiger charge is -2.09. The SMILES string of the molecule is COc1ccc(NC(=O)c2ccc(OCC(=O)Nc3sc4c(c3C#N)CCC4)cc2)cc1. The van der Waals surface area contributed by atoms with Gasteiger partial charge >= 0.3 is 0 Å². The van der Waals surface area contributed by atoms with E-state index < -0.39 is 0 Å². The number of rotatable bonds is 7. The molecule has 7 nitrogen and oxygen atoms in total. The molecule has 0 unspecified atom stereocenters. The fourth-order valence-corrected chi connectivity index (χ4v) is 4.76. The largest absolute Gasteiger partial charge is 0.497 e. The maximum absolute atomic E-state index is 12.4. The number of hydrogen-bond donors (Lipinski definition) is 2. The van der Waals surface area contributed by atoms with Crippen molar-refractivity contribution in [3.63, 3.8) is 0 Å². The summed E-state index contributed by atoms with van der Waals surface area (Å²) >= 11 is 1.47. The summed E-state index contributed by atoms with van der Waals surface area (Å²) in [5.74, 6) is 0.591. The van der Waals surface area contributed by atoms with Gasteiger partial charge in [0.25, 0.3) is 11.8 Å². The number of carbonyl (C=O) groups excluding carboxylic acids is 2. The Kier molecular flexibility index (Phi) is 6.38. The third-order valence-electron chi connectivity index (χ3n) is 5.12. The lowest BCUT2D eigenvalue weighted by molar-refractivity contribution is -0.118. The van der Waals surface area contributed by atoms with Crippen LogP contribution < -0.4 is 20.1 Å². The van der Waals surface area contributed by atoms with Crippen molar-refractivity contribution in [3.05, 3.63) is 70.1 Å². The van der Waals surface area contributed by atoms with Crippen LogP contribution in [0.25, 0.3) is 0 Å². The van der Waals surface area contributed by atoms with Crippen LogP contribution in [-0.4, -0.2) is 25.5 Å². The number of anilines is 2. The summed E-state index contributed by atoms with van der Waals surface area (Å²) in [6.07, 6.45) is 2.90. The van der Waals surface area contributed by atoms with Crippen molar-refractivity contribution in [2.45, 2.75) is 19.3 Å². The first-order chi connectivity index (χ1) is 15.6. The molecule has 0 radical (unpaired) electrons. The monoisotopic (exact) mass is 447 g/mol. The van der Waals surface area contributed by atoms with Gasteiger partial charge in [0.15, 0.2) is 6.61 Å². The summed E-state index contributed by atoms with van der Waals surface area (Å²) in [7, 11) is 1.58. The van der Waals surface area contributed by atoms with Crippen molar-refractivity contribution in [3.8, 4) is 17.6 Å². The number of aryl methyl sites for hydroxylation is 1. The molecule has 0 saturated heterocycles. The molecule has 1 aromatic heterocycles. The summed E-state index contributed by atoms with van der Waals surface area (Å²) in [6.45, 7) is -0.190. The van der Waals surface area contributed by atoms with E-state index in [1.54, 1.807) is 55.6 Å². The highest BCUT2D eigenvalue weighted by Gasteiger charge is 2.23. The lowest BCUT2D eigenvalue weighted by Crippen LogP contribution is -2.20. The third kappa shape index (κ3) is 4.74. The number of nitrogens with zero attached hydrogens (tertiary/aromatic N) is 1. The van der Waals surface area contributed by atoms with Crippen LogP contribution >= 0.6 is 11.3 Å². The fraction of sp³-hybridized carbons (Fsp3) is 0.208. The molecule has 1 aliphatic carbocycles. The Morgan fingerprint density at radius 1 is 1.03 bits per heavy atom. The van der Waals surface area contributed by atoms with E-state index in [9.17, 15) is 14.9 Å². The Labute approximate surface area is 189 Å². The van der Waals surface area contributed by atoms with Crippen molar-refractivity contribution >= 4 is 33.8 Å². The van der Waals surface area contributed by atoms with Crippen LogP contribution in [0.2, 0.25) is 0 Å². The van der Waals surface area contributed by atoms with Gasteiger partial charge in [-0.2, -0.15) is 5.26 Å². The molecule has 0 fully saturated rings. The van der Waals surface area contributed by atoms with Gasteiger partial charge in [0, 0.05) is 16.1 Å². The van der Waals surface area contributed by atoms with Gasteiger partial charge in [-0.05, 0) is 73.4 Å². The smallest absolute Gasteiger partial charge is 0.262 e. The molecule has 162 valence electrons. The predicted octanol–water partition coefficient (Wildman–Crippen LogP) is 4.39. The molecule has 0 aliphatic heterocycles. The van der Waals surface area contributed by atoms with E-state index in [-0.39, 0.29) is 18.4 Å². The quantitative estimate of drug-likeness (QED) is 0.560. The maximum Gasteiger partial charge on any atom is 0.262 e. The molecule has 2 amide bonds. The Hall–Kier alpha value is -3.83. The molecule has 3 aromatic rings. The number of nitriles is 1. The number of thiophene rings is 1. The van der Waals surface area contributed by atoms with E-state index in [4.69, 9.17) is 9.47 Å². The molecule has 32 heavy (non-hydrogen) atoms. The van der Waals surface area contributed by atoms with E-state index >= 15 is 0 Å². The van der Waals surface area contributed by atoms with Gasteiger partial charge in [0.1, 0.15) is 22.6 Å². The molecular weight excluding hydrogens is 426 g/mol. The average Bonchev–Trinajstić information content (AvgIpc) is 3.39. The number of ether oxygens (including phenoxy) is 2. The number of amides is 2. The van der Waals surface area contributed by atoms with Gasteiger partial charge in [-0.25, -0.2) is 0 Å². The first kappa shape index (κ1) is 21.4. The summed E-state index contributed by atoms with van der Waals surface area (Å²) in [5.41, 5.74) is 2.76. The molecule has 2 aromatic carbocycles. The topological polar surface area (TPSA) is 100 Å². The Morgan fingerprint density at radius 2 is 1.75 bits per heavy atom. The predicted molar refractivity (Wildman–Crippen MR) is 123 cm³/mol. The summed E-state index contributed by atoms with van der Waals surface area (Å²) in [6, 6.07) is 15.8. The Balaban J connectivity index is 1.30. The van der Waals surface area contributed by atoms with Gasteiger partial charge in [0.2, 0.25) is 0 Å². The number of benzene rings is 2. The number of nitrogens with one attached hydrogen (secondary N) is 2. The number of fused-ring (bicyclic) bond motifs is 1. The highest BCUT2D eigenvalue weighted by Crippen LogP contribution is 2.38. The first-order valence-corrected chi connectivity index (χ1v) is 10.9. The standard InChI is InChI=1S/C24H21N3O4S/c1-30-17-11-7-16(8-12-17)26-23(29)15-5-9-18(10-6-15)31-14-22(28)27-24-20(13-25)19-3-2-4-21(19)32-24/h5-12H,2-4,14H2,1H3,(H,26,29)(H,27,28). The van der Waals surface area contributed by atoms with Crippen LogP contribution in [0, 0.1) is 11.3 Å². The van der Waals surface area contributed by atoms with Gasteiger partial charge in [0.05, 0.1) is 12.7 Å². The molecule has 0 spiro atoms. The minimum Gasteiger partial charge on any atom is -0.497 e. The van der Waals surface area contributed by atoms with E-state index in [2.05, 4.69) is 16.7 Å². The Bertz CT molecular complexity index is 1180. The second-order valence-electron chi connectivity index (χ2n) is 7.22. The molecule has 1 aliphatic rings. The number of methoxy groups -OCH3 is 1. The second kappa shape index (κ2) is 9.54. The second-order valence-corrected chi connectivity index (χ2v) is 8.32. The molecular formula is C24H21N3O4S. The van der Waals surface area contributed by atoms with Crippen LogP contribution in [-0.2, 0) is 17.6 Å². The molecule has 4 rings (SSSR count). The van der Waals surface area contributed by atoms with Crippen molar-refractivity contribution in [1.82, 2.24) is 0 Å². The molecule has 0 bridgehead atoms. The zero-order valence-corrected chi connectivity index (χ0v) is 18.3. The summed E-state index contributed by atoms with van der Waals surface area (Å²) < 4.78 is 10.6. The van der Waals surface area contributed by atoms with Gasteiger partial charge in [-0.15, -0.1) is 11.3 Å². The van der Waals surface area contributed by atoms with E-state index in [1.807, 2.05) is 0 Å². The fourth-order valence-electron chi connectivity index (χ4n) is 3.50. The van der Waals surface area contributed by atoms with Crippen LogP contribution in [0.1, 0.15) is 32.8 Å². The highest BCUT2D eigenvalue weighted by atomic mass is 32.1. The molecule has 8 heteroatoms. The molecule has 2 N–H and O–H groups in total. The van der Waals surface area contributed by atoms with Gasteiger partial charge in [-0.3, -0.25) is 9.59 Å². The van der Waals surface area contributed by atoms with Gasteiger partial charge < -0.3 is 20.1 Å². The average molecular weight is 448 g/mol. The van der Waals surface area contributed by atoms with Crippen molar-refractivity contribution in [2.24, 2.45) is 0 Å². The third-order valence-corrected chi connectivity index (χ3v) is 6.33. The van der Waals surface area contributed by atoms with Crippen LogP contribution in [0.15, 0.2) is 48.5 Å². The first-order valence-electron chi connectivity index (χ1n) is 10.1. The highest BCUT2D eigenvalue weighted by molar-refractivity contribution is 7.16. The van der Waals surface area contributed by atoms with Crippen molar-refractivity contribution in [1.29, 1.82) is 5.26 Å². The molecule has 1 heterocycles. The normalized spacial score (nSPS) is 11.9. The zero-order chi connectivity index (χ0) is 22.5. The van der Waals surface area contributed by atoms with E-state index in [0.717, 1.165) is 24.8 Å². The molecule has 0 saturated carbocycles. The van der Waals surface area contributed by atoms with Crippen molar-refractivity contribution < 1.29 is 19.1 Å². The maximum atomic E-state index is 12.4. The number of carbonyl (C=O) groups is 2. The molecule has 0 atom stereocenters. The summed E-state index contributed by atoms with van der Waals surface area (Å²) in [4.78, 5) is 25.9. The van der Waals surface area contributed by atoms with Crippen molar-refractivity contribution in [2.75, 3.05) is 24.4 Å². The minimum absolute atomic E-state index is 0.190. The van der Waals surface area contributed by atoms with Gasteiger partial charge in [-0.1, -0.05) is 0 Å². The zero-order valence-electron chi connectivity index (χ0n) is 17.4. The minimum atomic E-state index is -0.331. The van der Waals surface area contributed by atoms with Crippen LogP contribution in [0.3, 0.4) is 0 Å². The van der Waals surface area contributed by atoms with E-state index in [1.165, 1.54) is 16.2 Å².